The van der Waals surface area contributed by atoms with E-state index in [1.54, 1.807) is 0 Å². The second-order valence-corrected chi connectivity index (χ2v) is 8.26. The van der Waals surface area contributed by atoms with Crippen molar-refractivity contribution in [2.75, 3.05) is 13.1 Å². The highest BCUT2D eigenvalue weighted by Crippen LogP contribution is 2.35. The lowest BCUT2D eigenvalue weighted by atomic mass is 9.91. The largest absolute Gasteiger partial charge is 0.308 e. The zero-order valence-electron chi connectivity index (χ0n) is 12.3. The van der Waals surface area contributed by atoms with Gasteiger partial charge in [-0.1, -0.05) is 26.2 Å². The van der Waals surface area contributed by atoms with Gasteiger partial charge in [-0.05, 0) is 46.6 Å². The van der Waals surface area contributed by atoms with E-state index in [0.717, 1.165) is 6.54 Å². The van der Waals surface area contributed by atoms with Gasteiger partial charge in [0.15, 0.2) is 0 Å². The molecule has 1 aromatic rings. The van der Waals surface area contributed by atoms with Gasteiger partial charge in [-0.3, -0.25) is 4.90 Å². The fraction of sp³-hybridized carbons (Fsp3) is 0.750. The summed E-state index contributed by atoms with van der Waals surface area (Å²) in [6.07, 6.45) is 8.14. The van der Waals surface area contributed by atoms with Crippen LogP contribution in [0.1, 0.15) is 50.3 Å². The summed E-state index contributed by atoms with van der Waals surface area (Å²) in [4.78, 5) is 4.24. The highest BCUT2D eigenvalue weighted by molar-refractivity contribution is 9.10. The first-order chi connectivity index (χ1) is 9.72. The van der Waals surface area contributed by atoms with Crippen LogP contribution in [0, 0.1) is 0 Å². The maximum absolute atomic E-state index is 3.90. The number of hydrogen-bond acceptors (Lipinski definition) is 3. The van der Waals surface area contributed by atoms with Gasteiger partial charge < -0.3 is 5.32 Å². The topological polar surface area (TPSA) is 15.3 Å². The van der Waals surface area contributed by atoms with Crippen LogP contribution in [0.25, 0.3) is 0 Å². The van der Waals surface area contributed by atoms with Crippen molar-refractivity contribution in [1.29, 1.82) is 0 Å². The van der Waals surface area contributed by atoms with Crippen molar-refractivity contribution < 1.29 is 0 Å². The van der Waals surface area contributed by atoms with Gasteiger partial charge in [0.2, 0.25) is 0 Å². The first-order valence-electron chi connectivity index (χ1n) is 7.93. The minimum absolute atomic E-state index is 0.425. The van der Waals surface area contributed by atoms with E-state index in [0.29, 0.717) is 11.6 Å². The number of thiophene rings is 1. The Bertz CT molecular complexity index is 439. The van der Waals surface area contributed by atoms with Crippen molar-refractivity contribution in [2.45, 2.75) is 63.6 Å². The van der Waals surface area contributed by atoms with Gasteiger partial charge in [0, 0.05) is 40.6 Å². The molecule has 1 aromatic heterocycles. The average Bonchev–Trinajstić information content (AvgIpc) is 3.04. The molecule has 2 aliphatic rings. The lowest BCUT2D eigenvalue weighted by Crippen LogP contribution is -2.62. The first-order valence-corrected chi connectivity index (χ1v) is 9.61. The summed E-state index contributed by atoms with van der Waals surface area (Å²) in [6, 6.07) is 2.89. The molecule has 4 heteroatoms. The predicted molar refractivity (Wildman–Crippen MR) is 90.3 cm³/mol. The molecular weight excluding hydrogens is 332 g/mol. The Kier molecular flexibility index (Phi) is 4.86. The van der Waals surface area contributed by atoms with E-state index in [-0.39, 0.29) is 0 Å². The highest BCUT2D eigenvalue weighted by atomic mass is 79.9. The third kappa shape index (κ3) is 3.13. The molecule has 0 bridgehead atoms. The summed E-state index contributed by atoms with van der Waals surface area (Å²) in [7, 11) is 0. The molecule has 3 rings (SSSR count). The number of nitrogens with zero attached hydrogens (tertiary/aromatic N) is 1. The van der Waals surface area contributed by atoms with Gasteiger partial charge in [0.1, 0.15) is 0 Å². The zero-order chi connectivity index (χ0) is 14.0. The maximum Gasteiger partial charge on any atom is 0.0343 e. The van der Waals surface area contributed by atoms with Gasteiger partial charge in [-0.2, -0.15) is 0 Å². The first kappa shape index (κ1) is 15.0. The smallest absolute Gasteiger partial charge is 0.0343 e. The third-order valence-corrected chi connectivity index (χ3v) is 6.87. The second-order valence-electron chi connectivity index (χ2n) is 6.41. The van der Waals surface area contributed by atoms with Gasteiger partial charge in [0.25, 0.3) is 0 Å². The van der Waals surface area contributed by atoms with Crippen LogP contribution < -0.4 is 5.32 Å². The minimum Gasteiger partial charge on any atom is -0.308 e. The lowest BCUT2D eigenvalue weighted by molar-refractivity contribution is 0.0697. The molecule has 1 saturated heterocycles. The summed E-state index contributed by atoms with van der Waals surface area (Å²) >= 11 is 5.58. The van der Waals surface area contributed by atoms with E-state index in [1.165, 1.54) is 61.0 Å². The van der Waals surface area contributed by atoms with Crippen LogP contribution in [-0.2, 0) is 6.54 Å². The lowest BCUT2D eigenvalue weighted by Gasteiger charge is -2.46. The molecule has 1 aliphatic carbocycles. The van der Waals surface area contributed by atoms with Crippen molar-refractivity contribution in [3.63, 3.8) is 0 Å². The molecule has 1 atom stereocenters. The van der Waals surface area contributed by atoms with Crippen LogP contribution >= 0.6 is 27.3 Å². The van der Waals surface area contributed by atoms with Crippen molar-refractivity contribution >= 4 is 27.3 Å². The maximum atomic E-state index is 3.90. The fourth-order valence-corrected chi connectivity index (χ4v) is 5.35. The van der Waals surface area contributed by atoms with Crippen molar-refractivity contribution in [1.82, 2.24) is 10.2 Å². The molecule has 2 nitrogen and oxygen atoms in total. The molecule has 20 heavy (non-hydrogen) atoms. The Morgan fingerprint density at radius 1 is 1.45 bits per heavy atom. The minimum atomic E-state index is 0.425. The molecule has 1 unspecified atom stereocenters. The number of rotatable bonds is 4. The van der Waals surface area contributed by atoms with Crippen LogP contribution in [0.4, 0.5) is 0 Å². The molecule has 0 amide bonds. The van der Waals surface area contributed by atoms with Crippen LogP contribution in [0.3, 0.4) is 0 Å². The van der Waals surface area contributed by atoms with Gasteiger partial charge >= 0.3 is 0 Å². The van der Waals surface area contributed by atoms with Crippen molar-refractivity contribution in [3.05, 3.63) is 20.8 Å². The summed E-state index contributed by atoms with van der Waals surface area (Å²) < 4.78 is 1.29. The van der Waals surface area contributed by atoms with Crippen LogP contribution in [0.2, 0.25) is 0 Å². The summed E-state index contributed by atoms with van der Waals surface area (Å²) in [6.45, 7) is 5.84. The Morgan fingerprint density at radius 2 is 2.25 bits per heavy atom. The molecule has 0 aromatic carbocycles. The monoisotopic (exact) mass is 356 g/mol. The second kappa shape index (κ2) is 6.47. The van der Waals surface area contributed by atoms with Gasteiger partial charge in [-0.25, -0.2) is 0 Å². The van der Waals surface area contributed by atoms with E-state index < -0.39 is 0 Å². The highest BCUT2D eigenvalue weighted by Gasteiger charge is 2.40. The molecule has 1 spiro atoms. The Labute approximate surface area is 135 Å². The SMILES string of the molecule is CCCC1CNC2(CCCC2)CN1Cc1sccc1Br. The standard InChI is InChI=1S/C16H25BrN2S/c1-2-5-13-10-18-16(7-3-4-8-16)12-19(13)11-15-14(17)6-9-20-15/h6,9,13,18H,2-5,7-8,10-12H2,1H3. The van der Waals surface area contributed by atoms with Gasteiger partial charge in [0.05, 0.1) is 0 Å². The molecule has 2 heterocycles. The number of piperazine rings is 1. The molecule has 112 valence electrons. The van der Waals surface area contributed by atoms with Crippen molar-refractivity contribution in [2.24, 2.45) is 0 Å². The quantitative estimate of drug-likeness (QED) is 0.859. The van der Waals surface area contributed by atoms with Crippen LogP contribution in [-0.4, -0.2) is 29.6 Å². The van der Waals surface area contributed by atoms with E-state index in [9.17, 15) is 0 Å². The Balaban J connectivity index is 1.73. The third-order valence-electron chi connectivity index (χ3n) is 4.96. The van der Waals surface area contributed by atoms with E-state index >= 15 is 0 Å². The van der Waals surface area contributed by atoms with Crippen molar-refractivity contribution in [3.8, 4) is 0 Å². The van der Waals surface area contributed by atoms with Gasteiger partial charge in [-0.15, -0.1) is 11.3 Å². The normalized spacial score (nSPS) is 26.4. The molecular formula is C16H25BrN2S. The Morgan fingerprint density at radius 3 is 2.90 bits per heavy atom. The molecule has 1 N–H and O–H groups in total. The molecule has 1 aliphatic heterocycles. The molecule has 2 fully saturated rings. The van der Waals surface area contributed by atoms with E-state index in [1.807, 2.05) is 11.3 Å². The summed E-state index contributed by atoms with van der Waals surface area (Å²) in [5, 5.41) is 6.10. The van der Waals surface area contributed by atoms with Crippen LogP contribution in [0.5, 0.6) is 0 Å². The zero-order valence-corrected chi connectivity index (χ0v) is 14.7. The fourth-order valence-electron chi connectivity index (χ4n) is 3.85. The summed E-state index contributed by atoms with van der Waals surface area (Å²) in [5.41, 5.74) is 0.425. The number of hydrogen-bond donors (Lipinski definition) is 1. The number of halogens is 1. The molecule has 0 radical (unpaired) electrons. The van der Waals surface area contributed by atoms with E-state index in [2.05, 4.69) is 44.5 Å². The Hall–Kier alpha value is 0.100. The predicted octanol–water partition coefficient (Wildman–Crippen LogP) is 4.40. The summed E-state index contributed by atoms with van der Waals surface area (Å²) in [5.74, 6) is 0. The average molecular weight is 357 g/mol. The van der Waals surface area contributed by atoms with Crippen LogP contribution in [0.15, 0.2) is 15.9 Å². The van der Waals surface area contributed by atoms with E-state index in [4.69, 9.17) is 0 Å². The number of nitrogens with one attached hydrogen (secondary N) is 1. The molecule has 1 saturated carbocycles.